The van der Waals surface area contributed by atoms with E-state index < -0.39 is 0 Å². The van der Waals surface area contributed by atoms with Crippen molar-refractivity contribution in [3.05, 3.63) is 29.6 Å². The third-order valence-electron chi connectivity index (χ3n) is 5.58. The Labute approximate surface area is 151 Å². The molecular weight excluding hydrogens is 310 g/mol. The fourth-order valence-electron chi connectivity index (χ4n) is 4.48. The van der Waals surface area contributed by atoms with Gasteiger partial charge in [0.05, 0.1) is 29.4 Å². The first-order chi connectivity index (χ1) is 12.0. The Morgan fingerprint density at radius 2 is 1.84 bits per heavy atom. The smallest absolute Gasteiger partial charge is 0.140 e. The predicted octanol–water partition coefficient (Wildman–Crippen LogP) is 5.23. The Bertz CT molecular complexity index is 701. The molecule has 0 amide bonds. The van der Waals surface area contributed by atoms with Crippen LogP contribution < -0.4 is 4.74 Å². The number of nitrogens with zero attached hydrogens (tertiary/aromatic N) is 3. The van der Waals surface area contributed by atoms with E-state index in [1.165, 1.54) is 38.5 Å². The number of hydrogen-bond acceptors (Lipinski definition) is 3. The third-order valence-corrected chi connectivity index (χ3v) is 5.58. The molecule has 0 bridgehead atoms. The first-order valence-electron chi connectivity index (χ1n) is 9.61. The largest absolute Gasteiger partial charge is 0.488 e. The van der Waals surface area contributed by atoms with E-state index in [1.54, 1.807) is 0 Å². The van der Waals surface area contributed by atoms with Gasteiger partial charge in [-0.2, -0.15) is 5.10 Å². The van der Waals surface area contributed by atoms with Crippen LogP contribution in [0, 0.1) is 19.3 Å². The topological polar surface area (TPSA) is 39.9 Å². The molecule has 0 saturated heterocycles. The molecule has 0 N–H and O–H groups in total. The lowest BCUT2D eigenvalue weighted by atomic mass is 9.62. The van der Waals surface area contributed by atoms with Gasteiger partial charge in [0, 0.05) is 7.05 Å². The average Bonchev–Trinajstić information content (AvgIpc) is 2.87. The van der Waals surface area contributed by atoms with Crippen molar-refractivity contribution < 1.29 is 4.74 Å². The molecule has 0 aromatic carbocycles. The van der Waals surface area contributed by atoms with E-state index in [-0.39, 0.29) is 0 Å². The van der Waals surface area contributed by atoms with Crippen LogP contribution in [0.15, 0.2) is 18.3 Å². The first-order valence-corrected chi connectivity index (χ1v) is 9.61. The summed E-state index contributed by atoms with van der Waals surface area (Å²) in [5.41, 5.74) is 4.67. The molecule has 1 aliphatic carbocycles. The number of hydrogen-bond donors (Lipinski definition) is 0. The molecule has 25 heavy (non-hydrogen) atoms. The van der Waals surface area contributed by atoms with Crippen LogP contribution in [0.4, 0.5) is 0 Å². The minimum Gasteiger partial charge on any atom is -0.488 e. The highest BCUT2D eigenvalue weighted by Gasteiger charge is 2.44. The molecule has 3 rings (SSSR count). The van der Waals surface area contributed by atoms with Gasteiger partial charge in [-0.05, 0) is 62.6 Å². The molecule has 0 unspecified atom stereocenters. The molecule has 1 saturated carbocycles. The van der Waals surface area contributed by atoms with Crippen molar-refractivity contribution in [3.8, 4) is 17.1 Å². The molecule has 2 heterocycles. The Morgan fingerprint density at radius 3 is 2.36 bits per heavy atom. The molecule has 1 aliphatic rings. The van der Waals surface area contributed by atoms with E-state index in [0.717, 1.165) is 28.4 Å². The highest BCUT2D eigenvalue weighted by atomic mass is 16.5. The quantitative estimate of drug-likeness (QED) is 0.692. The summed E-state index contributed by atoms with van der Waals surface area (Å²) in [7, 11) is 1.96. The second-order valence-corrected chi connectivity index (χ2v) is 7.73. The molecule has 0 atom stereocenters. The summed E-state index contributed by atoms with van der Waals surface area (Å²) >= 11 is 0. The van der Waals surface area contributed by atoms with Gasteiger partial charge in [-0.1, -0.05) is 26.7 Å². The number of ether oxygens (including phenoxy) is 1. The fraction of sp³-hybridized carbons (Fsp3) is 0.619. The van der Waals surface area contributed by atoms with Gasteiger partial charge in [0.15, 0.2) is 0 Å². The molecular formula is C21H31N3O. The van der Waals surface area contributed by atoms with Crippen LogP contribution in [0.25, 0.3) is 11.4 Å². The van der Waals surface area contributed by atoms with Crippen LogP contribution in [-0.2, 0) is 7.05 Å². The number of rotatable bonds is 7. The number of aryl methyl sites for hydroxylation is 3. The van der Waals surface area contributed by atoms with Crippen LogP contribution in [-0.4, -0.2) is 20.9 Å². The van der Waals surface area contributed by atoms with Crippen LogP contribution in [0.5, 0.6) is 5.75 Å². The van der Waals surface area contributed by atoms with Crippen molar-refractivity contribution in [1.29, 1.82) is 0 Å². The van der Waals surface area contributed by atoms with Crippen molar-refractivity contribution in [2.75, 3.05) is 0 Å². The lowest BCUT2D eigenvalue weighted by Gasteiger charge is -2.48. The maximum absolute atomic E-state index is 6.28. The second-order valence-electron chi connectivity index (χ2n) is 7.73. The Kier molecular flexibility index (Phi) is 5.16. The second kappa shape index (κ2) is 7.19. The Hall–Kier alpha value is -1.84. The van der Waals surface area contributed by atoms with Crippen molar-refractivity contribution >= 4 is 0 Å². The summed E-state index contributed by atoms with van der Waals surface area (Å²) in [6, 6.07) is 4.13. The summed E-state index contributed by atoms with van der Waals surface area (Å²) < 4.78 is 8.16. The number of pyridine rings is 1. The van der Waals surface area contributed by atoms with Crippen LogP contribution in [0.2, 0.25) is 0 Å². The Balaban J connectivity index is 1.69. The summed E-state index contributed by atoms with van der Waals surface area (Å²) in [6.45, 7) is 8.69. The minimum absolute atomic E-state index is 0.350. The Morgan fingerprint density at radius 1 is 1.16 bits per heavy atom. The maximum Gasteiger partial charge on any atom is 0.140 e. The van der Waals surface area contributed by atoms with Gasteiger partial charge in [-0.25, -0.2) is 4.98 Å². The summed E-state index contributed by atoms with van der Waals surface area (Å²) in [5.74, 6) is 0.926. The molecule has 136 valence electrons. The lowest BCUT2D eigenvalue weighted by molar-refractivity contribution is -0.0283. The lowest BCUT2D eigenvalue weighted by Crippen LogP contribution is -2.44. The van der Waals surface area contributed by atoms with Crippen LogP contribution in [0.3, 0.4) is 0 Å². The normalized spacial score (nSPS) is 16.7. The molecule has 0 spiro atoms. The van der Waals surface area contributed by atoms with Gasteiger partial charge in [0.1, 0.15) is 5.75 Å². The van der Waals surface area contributed by atoms with Gasteiger partial charge in [0.25, 0.3) is 0 Å². The number of aromatic nitrogens is 3. The molecule has 1 fully saturated rings. The van der Waals surface area contributed by atoms with Crippen molar-refractivity contribution in [2.45, 2.75) is 72.3 Å². The van der Waals surface area contributed by atoms with Crippen molar-refractivity contribution in [3.63, 3.8) is 0 Å². The van der Waals surface area contributed by atoms with E-state index in [1.807, 2.05) is 24.9 Å². The van der Waals surface area contributed by atoms with Gasteiger partial charge in [0.2, 0.25) is 0 Å². The maximum atomic E-state index is 6.28. The monoisotopic (exact) mass is 341 g/mol. The minimum atomic E-state index is 0.350. The van der Waals surface area contributed by atoms with E-state index in [2.05, 4.69) is 38.0 Å². The summed E-state index contributed by atoms with van der Waals surface area (Å²) in [4.78, 5) is 4.77. The van der Waals surface area contributed by atoms with E-state index in [4.69, 9.17) is 9.72 Å². The van der Waals surface area contributed by atoms with Gasteiger partial charge in [-0.15, -0.1) is 0 Å². The zero-order chi connectivity index (χ0) is 18.0. The van der Waals surface area contributed by atoms with Crippen LogP contribution >= 0.6 is 0 Å². The third kappa shape index (κ3) is 3.58. The SMILES string of the molecule is CCCC1(CCC)CC(Oc2ccc(-c3c(C)cnn3C)nc2C)C1. The summed E-state index contributed by atoms with van der Waals surface area (Å²) in [6.07, 6.45) is 9.81. The molecule has 4 nitrogen and oxygen atoms in total. The molecule has 2 aromatic rings. The highest BCUT2D eigenvalue weighted by Crippen LogP contribution is 2.50. The predicted molar refractivity (Wildman–Crippen MR) is 102 cm³/mol. The van der Waals surface area contributed by atoms with Gasteiger partial charge in [-0.3, -0.25) is 4.68 Å². The van der Waals surface area contributed by atoms with Crippen molar-refractivity contribution in [1.82, 2.24) is 14.8 Å². The molecule has 2 aromatic heterocycles. The fourth-order valence-corrected chi connectivity index (χ4v) is 4.48. The molecule has 4 heteroatoms. The van der Waals surface area contributed by atoms with Crippen LogP contribution in [0.1, 0.15) is 63.6 Å². The zero-order valence-electron chi connectivity index (χ0n) is 16.3. The standard InChI is InChI=1S/C21H31N3O/c1-6-10-21(11-7-2)12-17(13-21)25-19-9-8-18(23-16(19)4)20-15(3)14-22-24(20)5/h8-9,14,17H,6-7,10-13H2,1-5H3. The molecule has 0 aliphatic heterocycles. The first kappa shape index (κ1) is 18.0. The van der Waals surface area contributed by atoms with Crippen molar-refractivity contribution in [2.24, 2.45) is 12.5 Å². The van der Waals surface area contributed by atoms with E-state index in [9.17, 15) is 0 Å². The van der Waals surface area contributed by atoms with E-state index in [0.29, 0.717) is 11.5 Å². The van der Waals surface area contributed by atoms with Gasteiger partial charge >= 0.3 is 0 Å². The average molecular weight is 341 g/mol. The van der Waals surface area contributed by atoms with E-state index >= 15 is 0 Å². The summed E-state index contributed by atoms with van der Waals surface area (Å²) in [5, 5.41) is 4.31. The highest BCUT2D eigenvalue weighted by molar-refractivity contribution is 5.59. The van der Waals surface area contributed by atoms with Gasteiger partial charge < -0.3 is 4.74 Å². The molecule has 0 radical (unpaired) electrons. The zero-order valence-corrected chi connectivity index (χ0v) is 16.3.